The Morgan fingerprint density at radius 2 is 1.81 bits per heavy atom. The molecule has 16 heavy (non-hydrogen) atoms. The fourth-order valence-corrected chi connectivity index (χ4v) is 1.23. The first-order chi connectivity index (χ1) is 7.41. The lowest BCUT2D eigenvalue weighted by molar-refractivity contribution is 0.163. The fourth-order valence-electron chi connectivity index (χ4n) is 1.23. The van der Waals surface area contributed by atoms with Crippen LogP contribution < -0.4 is 10.5 Å². The Bertz CT molecular complexity index is 350. The highest BCUT2D eigenvalue weighted by Gasteiger charge is 2.12. The van der Waals surface area contributed by atoms with Crippen LogP contribution in [0.4, 0.5) is 4.39 Å². The van der Waals surface area contributed by atoms with Crippen LogP contribution in [0.3, 0.4) is 0 Å². The third-order valence-electron chi connectivity index (χ3n) is 2.73. The lowest BCUT2D eigenvalue weighted by Gasteiger charge is -2.19. The Morgan fingerprint density at radius 1 is 1.19 bits per heavy atom. The van der Waals surface area contributed by atoms with Gasteiger partial charge in [-0.3, -0.25) is 0 Å². The van der Waals surface area contributed by atoms with E-state index in [1.807, 2.05) is 27.7 Å². The van der Waals surface area contributed by atoms with Crippen LogP contribution in [0.2, 0.25) is 0 Å². The second-order valence-corrected chi connectivity index (χ2v) is 4.55. The van der Waals surface area contributed by atoms with Gasteiger partial charge in [-0.2, -0.15) is 0 Å². The van der Waals surface area contributed by atoms with Crippen molar-refractivity contribution in [3.8, 4) is 5.75 Å². The average Bonchev–Trinajstić information content (AvgIpc) is 2.20. The normalized spacial score (nSPS) is 14.9. The minimum atomic E-state index is -0.345. The van der Waals surface area contributed by atoms with Crippen molar-refractivity contribution in [2.75, 3.05) is 0 Å². The third kappa shape index (κ3) is 3.20. The van der Waals surface area contributed by atoms with Crippen LogP contribution >= 0.6 is 0 Å². The maximum atomic E-state index is 13.7. The van der Waals surface area contributed by atoms with Gasteiger partial charge in [0.1, 0.15) is 0 Å². The molecule has 0 spiro atoms. The second-order valence-electron chi connectivity index (χ2n) is 4.55. The van der Waals surface area contributed by atoms with Gasteiger partial charge in [-0.25, -0.2) is 4.39 Å². The van der Waals surface area contributed by atoms with Crippen molar-refractivity contribution < 1.29 is 9.13 Å². The average molecular weight is 225 g/mol. The minimum absolute atomic E-state index is 0.00403. The van der Waals surface area contributed by atoms with Gasteiger partial charge in [0, 0.05) is 6.04 Å². The van der Waals surface area contributed by atoms with Crippen molar-refractivity contribution in [3.05, 3.63) is 29.6 Å². The molecule has 0 aliphatic carbocycles. The molecule has 1 aromatic carbocycles. The van der Waals surface area contributed by atoms with Crippen LogP contribution in [-0.4, -0.2) is 6.10 Å². The second kappa shape index (κ2) is 5.30. The standard InChI is InChI=1S/C13H20FNO/c1-8(2)10(4)16-13-6-5-11(9(3)15)7-12(13)14/h5-10H,15H2,1-4H3/t9-,10?/m1/s1. The van der Waals surface area contributed by atoms with E-state index in [1.165, 1.54) is 6.07 Å². The smallest absolute Gasteiger partial charge is 0.165 e. The molecule has 1 unspecified atom stereocenters. The minimum Gasteiger partial charge on any atom is -0.487 e. The number of nitrogens with two attached hydrogens (primary N) is 1. The molecule has 0 amide bonds. The summed E-state index contributed by atoms with van der Waals surface area (Å²) in [5.41, 5.74) is 6.45. The van der Waals surface area contributed by atoms with Crippen molar-refractivity contribution in [2.24, 2.45) is 11.7 Å². The van der Waals surface area contributed by atoms with Crippen LogP contribution in [0.25, 0.3) is 0 Å². The van der Waals surface area contributed by atoms with Crippen LogP contribution in [0.15, 0.2) is 18.2 Å². The first kappa shape index (κ1) is 13.0. The highest BCUT2D eigenvalue weighted by Crippen LogP contribution is 2.23. The van der Waals surface area contributed by atoms with Crippen LogP contribution in [-0.2, 0) is 0 Å². The molecule has 0 saturated heterocycles. The van der Waals surface area contributed by atoms with Crippen molar-refractivity contribution in [1.82, 2.24) is 0 Å². The van der Waals surface area contributed by atoms with Gasteiger partial charge in [0.05, 0.1) is 6.10 Å². The summed E-state index contributed by atoms with van der Waals surface area (Å²) in [7, 11) is 0. The van der Waals surface area contributed by atoms with E-state index < -0.39 is 0 Å². The molecule has 0 bridgehead atoms. The SMILES string of the molecule is CC(C)C(C)Oc1ccc([C@@H](C)N)cc1F. The third-order valence-corrected chi connectivity index (χ3v) is 2.73. The zero-order valence-electron chi connectivity index (χ0n) is 10.3. The Hall–Kier alpha value is -1.09. The summed E-state index contributed by atoms with van der Waals surface area (Å²) >= 11 is 0. The highest BCUT2D eigenvalue weighted by molar-refractivity contribution is 5.30. The van der Waals surface area contributed by atoms with Gasteiger partial charge < -0.3 is 10.5 Å². The molecule has 2 atom stereocenters. The molecule has 0 aromatic heterocycles. The summed E-state index contributed by atoms with van der Waals surface area (Å²) in [5, 5.41) is 0. The Morgan fingerprint density at radius 3 is 2.25 bits per heavy atom. The molecular formula is C13H20FNO. The molecule has 2 nitrogen and oxygen atoms in total. The van der Waals surface area contributed by atoms with E-state index in [9.17, 15) is 4.39 Å². The van der Waals surface area contributed by atoms with Gasteiger partial charge in [-0.1, -0.05) is 19.9 Å². The molecule has 1 rings (SSSR count). The molecule has 0 saturated carbocycles. The van der Waals surface area contributed by atoms with Crippen molar-refractivity contribution in [3.63, 3.8) is 0 Å². The molecule has 90 valence electrons. The summed E-state index contributed by atoms with van der Waals surface area (Å²) in [5.74, 6) is 0.306. The van der Waals surface area contributed by atoms with E-state index in [2.05, 4.69) is 0 Å². The zero-order valence-corrected chi connectivity index (χ0v) is 10.3. The van der Waals surface area contributed by atoms with Gasteiger partial charge in [-0.15, -0.1) is 0 Å². The topological polar surface area (TPSA) is 35.2 Å². The first-order valence-corrected chi connectivity index (χ1v) is 5.63. The van der Waals surface area contributed by atoms with Gasteiger partial charge >= 0.3 is 0 Å². The van der Waals surface area contributed by atoms with Gasteiger partial charge in [-0.05, 0) is 37.5 Å². The van der Waals surface area contributed by atoms with E-state index in [4.69, 9.17) is 10.5 Å². The number of hydrogen-bond acceptors (Lipinski definition) is 2. The number of rotatable bonds is 4. The predicted molar refractivity (Wildman–Crippen MR) is 63.9 cm³/mol. The number of benzene rings is 1. The summed E-state index contributed by atoms with van der Waals surface area (Å²) in [6.45, 7) is 7.84. The monoisotopic (exact) mass is 225 g/mol. The Labute approximate surface area is 96.6 Å². The molecule has 1 aromatic rings. The fraction of sp³-hybridized carbons (Fsp3) is 0.538. The molecule has 0 aliphatic heterocycles. The van der Waals surface area contributed by atoms with Crippen LogP contribution in [0.5, 0.6) is 5.75 Å². The maximum Gasteiger partial charge on any atom is 0.165 e. The Balaban J connectivity index is 2.83. The van der Waals surface area contributed by atoms with Crippen molar-refractivity contribution in [2.45, 2.75) is 39.8 Å². The lowest BCUT2D eigenvalue weighted by atomic mass is 10.1. The van der Waals surface area contributed by atoms with E-state index in [-0.39, 0.29) is 18.0 Å². The van der Waals surface area contributed by atoms with Gasteiger partial charge in [0.25, 0.3) is 0 Å². The summed E-state index contributed by atoms with van der Waals surface area (Å²) in [6, 6.07) is 4.72. The quantitative estimate of drug-likeness (QED) is 0.853. The van der Waals surface area contributed by atoms with Crippen molar-refractivity contribution >= 4 is 0 Å². The number of halogens is 1. The zero-order chi connectivity index (χ0) is 12.3. The number of hydrogen-bond donors (Lipinski definition) is 1. The number of ether oxygens (including phenoxy) is 1. The molecule has 0 heterocycles. The summed E-state index contributed by atoms with van der Waals surface area (Å²) < 4.78 is 19.2. The molecule has 0 fully saturated rings. The first-order valence-electron chi connectivity index (χ1n) is 5.63. The van der Waals surface area contributed by atoms with Crippen LogP contribution in [0, 0.1) is 11.7 Å². The van der Waals surface area contributed by atoms with E-state index in [0.717, 1.165) is 5.56 Å². The molecular weight excluding hydrogens is 205 g/mol. The van der Waals surface area contributed by atoms with E-state index in [0.29, 0.717) is 11.7 Å². The molecule has 2 N–H and O–H groups in total. The molecule has 0 aliphatic rings. The highest BCUT2D eigenvalue weighted by atomic mass is 19.1. The van der Waals surface area contributed by atoms with E-state index >= 15 is 0 Å². The maximum absolute atomic E-state index is 13.7. The van der Waals surface area contributed by atoms with Crippen LogP contribution in [0.1, 0.15) is 39.3 Å². The predicted octanol–water partition coefficient (Wildman–Crippen LogP) is 3.27. The van der Waals surface area contributed by atoms with Crippen molar-refractivity contribution in [1.29, 1.82) is 0 Å². The van der Waals surface area contributed by atoms with E-state index in [1.54, 1.807) is 12.1 Å². The van der Waals surface area contributed by atoms with Gasteiger partial charge in [0.2, 0.25) is 0 Å². The lowest BCUT2D eigenvalue weighted by Crippen LogP contribution is -2.19. The molecule has 0 radical (unpaired) electrons. The van der Waals surface area contributed by atoms with Gasteiger partial charge in [0.15, 0.2) is 11.6 Å². The Kier molecular flexibility index (Phi) is 4.30. The largest absolute Gasteiger partial charge is 0.487 e. The summed E-state index contributed by atoms with van der Waals surface area (Å²) in [4.78, 5) is 0. The molecule has 3 heteroatoms. The summed E-state index contributed by atoms with van der Waals surface area (Å²) in [6.07, 6.45) is -0.00403.